The smallest absolute Gasteiger partial charge is 0.224 e. The molecule has 0 fully saturated rings. The monoisotopic (exact) mass is 275 g/mol. The number of hydrogen-bond donors (Lipinski definition) is 1. The molecular formula is C15H17NO2S. The molecule has 4 heteroatoms. The van der Waals surface area contributed by atoms with Crippen LogP contribution in [0.1, 0.15) is 15.3 Å². The lowest BCUT2D eigenvalue weighted by molar-refractivity contribution is -0.120. The molecule has 0 atom stereocenters. The molecule has 1 aromatic carbocycles. The summed E-state index contributed by atoms with van der Waals surface area (Å²) in [4.78, 5) is 14.3. The van der Waals surface area contributed by atoms with Gasteiger partial charge in [-0.3, -0.25) is 4.79 Å². The van der Waals surface area contributed by atoms with Crippen molar-refractivity contribution in [2.75, 3.05) is 7.11 Å². The minimum absolute atomic E-state index is 0.0271. The Balaban J connectivity index is 1.86. The number of thiophene rings is 1. The van der Waals surface area contributed by atoms with Crippen LogP contribution in [0.4, 0.5) is 0 Å². The van der Waals surface area contributed by atoms with Crippen LogP contribution < -0.4 is 10.1 Å². The SMILES string of the molecule is COc1cccc(CC(=O)NCc2ccc(C)s2)c1. The van der Waals surface area contributed by atoms with Crippen molar-refractivity contribution in [1.82, 2.24) is 5.32 Å². The van der Waals surface area contributed by atoms with E-state index in [0.717, 1.165) is 11.3 Å². The van der Waals surface area contributed by atoms with Crippen LogP contribution >= 0.6 is 11.3 Å². The number of ether oxygens (including phenoxy) is 1. The molecular weight excluding hydrogens is 258 g/mol. The van der Waals surface area contributed by atoms with E-state index in [1.54, 1.807) is 18.4 Å². The zero-order chi connectivity index (χ0) is 13.7. The highest BCUT2D eigenvalue weighted by Gasteiger charge is 2.05. The summed E-state index contributed by atoms with van der Waals surface area (Å²) in [7, 11) is 1.62. The van der Waals surface area contributed by atoms with Crippen molar-refractivity contribution < 1.29 is 9.53 Å². The van der Waals surface area contributed by atoms with Crippen molar-refractivity contribution in [2.45, 2.75) is 19.9 Å². The Bertz CT molecular complexity index is 563. The third kappa shape index (κ3) is 4.10. The van der Waals surface area contributed by atoms with Gasteiger partial charge in [-0.2, -0.15) is 0 Å². The van der Waals surface area contributed by atoms with Gasteiger partial charge in [0.05, 0.1) is 20.1 Å². The van der Waals surface area contributed by atoms with Crippen LogP contribution in [-0.2, 0) is 17.8 Å². The Kier molecular flexibility index (Phi) is 4.58. The van der Waals surface area contributed by atoms with Gasteiger partial charge in [-0.15, -0.1) is 11.3 Å². The average Bonchev–Trinajstić information content (AvgIpc) is 2.82. The van der Waals surface area contributed by atoms with Crippen molar-refractivity contribution in [3.8, 4) is 5.75 Å². The van der Waals surface area contributed by atoms with Crippen LogP contribution in [0.25, 0.3) is 0 Å². The fraction of sp³-hybridized carbons (Fsp3) is 0.267. The Morgan fingerprint density at radius 2 is 2.16 bits per heavy atom. The van der Waals surface area contributed by atoms with E-state index in [9.17, 15) is 4.79 Å². The highest BCUT2D eigenvalue weighted by Crippen LogP contribution is 2.15. The molecule has 19 heavy (non-hydrogen) atoms. The first-order valence-electron chi connectivity index (χ1n) is 6.12. The molecule has 0 aliphatic carbocycles. The number of hydrogen-bond acceptors (Lipinski definition) is 3. The van der Waals surface area contributed by atoms with E-state index in [2.05, 4.69) is 18.3 Å². The van der Waals surface area contributed by atoms with Crippen molar-refractivity contribution >= 4 is 17.2 Å². The van der Waals surface area contributed by atoms with Crippen molar-refractivity contribution in [1.29, 1.82) is 0 Å². The Labute approximate surface area is 117 Å². The summed E-state index contributed by atoms with van der Waals surface area (Å²) in [6.45, 7) is 2.66. The maximum Gasteiger partial charge on any atom is 0.224 e. The van der Waals surface area contributed by atoms with Crippen LogP contribution in [0.15, 0.2) is 36.4 Å². The molecule has 100 valence electrons. The van der Waals surface area contributed by atoms with Crippen LogP contribution in [0.3, 0.4) is 0 Å². The van der Waals surface area contributed by atoms with Gasteiger partial charge in [-0.25, -0.2) is 0 Å². The van der Waals surface area contributed by atoms with Crippen LogP contribution in [0.2, 0.25) is 0 Å². The Morgan fingerprint density at radius 3 is 2.84 bits per heavy atom. The summed E-state index contributed by atoms with van der Waals surface area (Å²) >= 11 is 1.71. The lowest BCUT2D eigenvalue weighted by atomic mass is 10.1. The lowest BCUT2D eigenvalue weighted by Crippen LogP contribution is -2.24. The normalized spacial score (nSPS) is 10.2. The van der Waals surface area contributed by atoms with Gasteiger partial charge in [0.2, 0.25) is 5.91 Å². The predicted molar refractivity (Wildman–Crippen MR) is 77.6 cm³/mol. The summed E-state index contributed by atoms with van der Waals surface area (Å²) in [5.74, 6) is 0.804. The molecule has 1 N–H and O–H groups in total. The van der Waals surface area contributed by atoms with E-state index in [1.807, 2.05) is 30.3 Å². The lowest BCUT2D eigenvalue weighted by Gasteiger charge is -2.05. The molecule has 1 heterocycles. The van der Waals surface area contributed by atoms with Gasteiger partial charge >= 0.3 is 0 Å². The first-order chi connectivity index (χ1) is 9.17. The first kappa shape index (κ1) is 13.6. The number of rotatable bonds is 5. The highest BCUT2D eigenvalue weighted by atomic mass is 32.1. The largest absolute Gasteiger partial charge is 0.497 e. The molecule has 0 saturated heterocycles. The van der Waals surface area contributed by atoms with E-state index in [-0.39, 0.29) is 5.91 Å². The fourth-order valence-electron chi connectivity index (χ4n) is 1.80. The molecule has 0 aliphatic rings. The zero-order valence-electron chi connectivity index (χ0n) is 11.1. The molecule has 3 nitrogen and oxygen atoms in total. The molecule has 1 amide bonds. The number of methoxy groups -OCH3 is 1. The van der Waals surface area contributed by atoms with Gasteiger partial charge in [0, 0.05) is 9.75 Å². The van der Waals surface area contributed by atoms with Gasteiger partial charge in [0.1, 0.15) is 5.75 Å². The highest BCUT2D eigenvalue weighted by molar-refractivity contribution is 7.11. The minimum atomic E-state index is 0.0271. The summed E-state index contributed by atoms with van der Waals surface area (Å²) in [5, 5.41) is 2.93. The summed E-state index contributed by atoms with van der Waals surface area (Å²) in [6, 6.07) is 11.7. The molecule has 2 aromatic rings. The van der Waals surface area contributed by atoms with Crippen LogP contribution in [-0.4, -0.2) is 13.0 Å². The van der Waals surface area contributed by atoms with Crippen LogP contribution in [0.5, 0.6) is 5.75 Å². The molecule has 1 aromatic heterocycles. The maximum atomic E-state index is 11.8. The predicted octanol–water partition coefficient (Wildman–Crippen LogP) is 2.92. The maximum absolute atomic E-state index is 11.8. The van der Waals surface area contributed by atoms with Gasteiger partial charge < -0.3 is 10.1 Å². The number of aryl methyl sites for hydroxylation is 1. The van der Waals surface area contributed by atoms with Crippen molar-refractivity contribution in [3.05, 3.63) is 51.7 Å². The van der Waals surface area contributed by atoms with Gasteiger partial charge in [-0.05, 0) is 36.8 Å². The third-order valence-corrected chi connectivity index (χ3v) is 3.76. The number of carbonyl (C=O) groups excluding carboxylic acids is 1. The molecule has 0 unspecified atom stereocenters. The van der Waals surface area contributed by atoms with E-state index in [1.165, 1.54) is 9.75 Å². The second kappa shape index (κ2) is 6.38. The van der Waals surface area contributed by atoms with E-state index < -0.39 is 0 Å². The third-order valence-electron chi connectivity index (χ3n) is 2.75. The van der Waals surface area contributed by atoms with Gasteiger partial charge in [0.25, 0.3) is 0 Å². The van der Waals surface area contributed by atoms with Crippen LogP contribution in [0, 0.1) is 6.92 Å². The molecule has 0 bridgehead atoms. The Hall–Kier alpha value is -1.81. The number of amides is 1. The number of nitrogens with one attached hydrogen (secondary N) is 1. The van der Waals surface area contributed by atoms with Crippen molar-refractivity contribution in [2.24, 2.45) is 0 Å². The standard InChI is InChI=1S/C15H17NO2S/c1-11-6-7-14(19-11)10-16-15(17)9-12-4-3-5-13(8-12)18-2/h3-8H,9-10H2,1-2H3,(H,16,17). The molecule has 0 aliphatic heterocycles. The van der Waals surface area contributed by atoms with E-state index in [4.69, 9.17) is 4.74 Å². The summed E-state index contributed by atoms with van der Waals surface area (Å²) in [6.07, 6.45) is 0.377. The average molecular weight is 275 g/mol. The number of benzene rings is 1. The molecule has 0 saturated carbocycles. The quantitative estimate of drug-likeness (QED) is 0.911. The second-order valence-electron chi connectivity index (χ2n) is 4.32. The van der Waals surface area contributed by atoms with Gasteiger partial charge in [-0.1, -0.05) is 12.1 Å². The summed E-state index contributed by atoms with van der Waals surface area (Å²) < 4.78 is 5.14. The fourth-order valence-corrected chi connectivity index (χ4v) is 2.63. The van der Waals surface area contributed by atoms with E-state index >= 15 is 0 Å². The minimum Gasteiger partial charge on any atom is -0.497 e. The van der Waals surface area contributed by atoms with Crippen molar-refractivity contribution in [3.63, 3.8) is 0 Å². The number of carbonyl (C=O) groups is 1. The first-order valence-corrected chi connectivity index (χ1v) is 6.94. The second-order valence-corrected chi connectivity index (χ2v) is 5.69. The molecule has 0 radical (unpaired) electrons. The molecule has 0 spiro atoms. The zero-order valence-corrected chi connectivity index (χ0v) is 11.9. The van der Waals surface area contributed by atoms with E-state index in [0.29, 0.717) is 13.0 Å². The molecule has 2 rings (SSSR count). The Morgan fingerprint density at radius 1 is 1.32 bits per heavy atom. The summed E-state index contributed by atoms with van der Waals surface area (Å²) in [5.41, 5.74) is 0.958. The topological polar surface area (TPSA) is 38.3 Å². The van der Waals surface area contributed by atoms with Gasteiger partial charge in [0.15, 0.2) is 0 Å².